The number of rotatable bonds is 1. The number of azo groups is 1. The molecule has 82 valence electrons. The van der Waals surface area contributed by atoms with Crippen molar-refractivity contribution in [1.82, 2.24) is 4.90 Å². The minimum atomic E-state index is 0.0429. The fourth-order valence-electron chi connectivity index (χ4n) is 1.61. The maximum Gasteiger partial charge on any atom is 0.249 e. The molecule has 1 aliphatic heterocycles. The minimum Gasteiger partial charge on any atom is -0.345 e. The summed E-state index contributed by atoms with van der Waals surface area (Å²) < 4.78 is 0. The van der Waals surface area contributed by atoms with E-state index < -0.39 is 0 Å². The molecule has 0 N–H and O–H groups in total. The van der Waals surface area contributed by atoms with Crippen LogP contribution in [0.5, 0.6) is 0 Å². The van der Waals surface area contributed by atoms with E-state index in [1.807, 2.05) is 24.3 Å². The highest BCUT2D eigenvalue weighted by atomic mass is 16.2. The highest BCUT2D eigenvalue weighted by Gasteiger charge is 2.18. The molecule has 2 rings (SSSR count). The van der Waals surface area contributed by atoms with Gasteiger partial charge in [-0.05, 0) is 17.7 Å². The Hall–Kier alpha value is -1.97. The molecule has 0 spiro atoms. The molecule has 0 saturated heterocycles. The first-order chi connectivity index (χ1) is 7.68. The highest BCUT2D eigenvalue weighted by Crippen LogP contribution is 2.27. The molecule has 0 atom stereocenters. The first kappa shape index (κ1) is 10.5. The molecule has 0 saturated carbocycles. The summed E-state index contributed by atoms with van der Waals surface area (Å²) in [4.78, 5) is 13.4. The van der Waals surface area contributed by atoms with E-state index in [-0.39, 0.29) is 5.91 Å². The number of nitrogens with zero attached hydrogens (tertiary/aromatic N) is 3. The van der Waals surface area contributed by atoms with E-state index in [4.69, 9.17) is 0 Å². The number of likely N-dealkylation sites (N-methyl/N-ethyl adjacent to an activating group) is 1. The molecule has 0 bridgehead atoms. The zero-order valence-corrected chi connectivity index (χ0v) is 9.34. The van der Waals surface area contributed by atoms with Gasteiger partial charge in [0.1, 0.15) is 0 Å². The van der Waals surface area contributed by atoms with Gasteiger partial charge in [0.2, 0.25) is 5.91 Å². The summed E-state index contributed by atoms with van der Waals surface area (Å²) in [5.74, 6) is 0.0429. The summed E-state index contributed by atoms with van der Waals surface area (Å²) in [5, 5.41) is 7.91. The van der Waals surface area contributed by atoms with Gasteiger partial charge in [-0.2, -0.15) is 10.2 Å². The number of carbonyl (C=O) groups is 1. The number of carbonyl (C=O) groups excluding carboxylic acids is 1. The minimum absolute atomic E-state index is 0.0429. The van der Waals surface area contributed by atoms with Crippen LogP contribution in [0.2, 0.25) is 0 Å². The molecular formula is C12H13N3O. The highest BCUT2D eigenvalue weighted by molar-refractivity contribution is 5.94. The van der Waals surface area contributed by atoms with E-state index in [0.29, 0.717) is 6.42 Å². The normalized spacial score (nSPS) is 18.0. The molecule has 2 aliphatic rings. The summed E-state index contributed by atoms with van der Waals surface area (Å²) in [6.07, 6.45) is 9.69. The van der Waals surface area contributed by atoms with E-state index in [1.54, 1.807) is 25.2 Å². The van der Waals surface area contributed by atoms with Crippen molar-refractivity contribution >= 4 is 5.91 Å². The fourth-order valence-corrected chi connectivity index (χ4v) is 1.61. The van der Waals surface area contributed by atoms with Gasteiger partial charge in [0.05, 0.1) is 5.70 Å². The van der Waals surface area contributed by atoms with Crippen LogP contribution in [0.3, 0.4) is 0 Å². The Morgan fingerprint density at radius 2 is 2.12 bits per heavy atom. The van der Waals surface area contributed by atoms with Crippen molar-refractivity contribution in [3.8, 4) is 0 Å². The zero-order valence-electron chi connectivity index (χ0n) is 9.34. The molecule has 4 nitrogen and oxygen atoms in total. The van der Waals surface area contributed by atoms with E-state index >= 15 is 0 Å². The lowest BCUT2D eigenvalue weighted by Gasteiger charge is -2.17. The van der Waals surface area contributed by atoms with Crippen molar-refractivity contribution in [3.63, 3.8) is 0 Å². The lowest BCUT2D eigenvalue weighted by molar-refractivity contribution is -0.124. The molecule has 0 unspecified atom stereocenters. The van der Waals surface area contributed by atoms with Crippen LogP contribution in [-0.4, -0.2) is 24.9 Å². The maximum atomic E-state index is 11.8. The number of amides is 1. The van der Waals surface area contributed by atoms with E-state index in [2.05, 4.69) is 10.2 Å². The van der Waals surface area contributed by atoms with Crippen molar-refractivity contribution in [2.24, 2.45) is 10.2 Å². The Bertz CT molecular complexity index is 465. The largest absolute Gasteiger partial charge is 0.345 e. The topological polar surface area (TPSA) is 45.0 Å². The lowest BCUT2D eigenvalue weighted by atomic mass is 9.96. The fraction of sp³-hybridized carbons (Fsp3) is 0.250. The van der Waals surface area contributed by atoms with Gasteiger partial charge in [-0.1, -0.05) is 12.2 Å². The molecule has 1 amide bonds. The van der Waals surface area contributed by atoms with Crippen molar-refractivity contribution in [3.05, 3.63) is 47.3 Å². The van der Waals surface area contributed by atoms with Gasteiger partial charge in [-0.25, -0.2) is 0 Å². The monoisotopic (exact) mass is 215 g/mol. The quantitative estimate of drug-likeness (QED) is 0.661. The molecule has 16 heavy (non-hydrogen) atoms. The molecule has 0 aromatic heterocycles. The summed E-state index contributed by atoms with van der Waals surface area (Å²) >= 11 is 0. The zero-order chi connectivity index (χ0) is 11.5. The van der Waals surface area contributed by atoms with Gasteiger partial charge in [-0.15, -0.1) is 0 Å². The summed E-state index contributed by atoms with van der Waals surface area (Å²) in [6.45, 7) is 0. The van der Waals surface area contributed by atoms with Crippen LogP contribution in [0, 0.1) is 0 Å². The van der Waals surface area contributed by atoms with Crippen LogP contribution < -0.4 is 0 Å². The molecule has 0 radical (unpaired) electrons. The Morgan fingerprint density at radius 1 is 1.31 bits per heavy atom. The Labute approximate surface area is 94.4 Å². The molecule has 4 heteroatoms. The maximum absolute atomic E-state index is 11.8. The standard InChI is InChI=1S/C12H13N3O/c1-15(2)12(16)10-5-6-11-9(8-10)4-3-7-13-14-11/h3-7H,8H2,1-2H3. The summed E-state index contributed by atoms with van der Waals surface area (Å²) in [7, 11) is 3.51. The lowest BCUT2D eigenvalue weighted by Crippen LogP contribution is -2.24. The average Bonchev–Trinajstić information content (AvgIpc) is 2.51. The number of hydrogen-bond donors (Lipinski definition) is 0. The van der Waals surface area contributed by atoms with Gasteiger partial charge >= 0.3 is 0 Å². The third-order valence-electron chi connectivity index (χ3n) is 2.45. The molecule has 0 aromatic rings. The second kappa shape index (κ2) is 4.26. The summed E-state index contributed by atoms with van der Waals surface area (Å²) in [6, 6.07) is 0. The van der Waals surface area contributed by atoms with Gasteiger partial charge in [0.15, 0.2) is 0 Å². The molecule has 0 fully saturated rings. The van der Waals surface area contributed by atoms with Gasteiger partial charge in [0, 0.05) is 32.3 Å². The first-order valence-corrected chi connectivity index (χ1v) is 5.08. The molecular weight excluding hydrogens is 202 g/mol. The Morgan fingerprint density at radius 3 is 2.88 bits per heavy atom. The SMILES string of the molecule is CN(C)C(=O)C1=CC=C2N=NC=CC=C2C1. The second-order valence-electron chi connectivity index (χ2n) is 3.87. The Kier molecular flexibility index (Phi) is 2.81. The van der Waals surface area contributed by atoms with Crippen molar-refractivity contribution in [2.45, 2.75) is 6.42 Å². The van der Waals surface area contributed by atoms with Crippen molar-refractivity contribution in [1.29, 1.82) is 0 Å². The molecule has 1 heterocycles. The van der Waals surface area contributed by atoms with Crippen molar-refractivity contribution in [2.75, 3.05) is 14.1 Å². The number of hydrogen-bond acceptors (Lipinski definition) is 3. The average molecular weight is 215 g/mol. The van der Waals surface area contributed by atoms with Gasteiger partial charge in [0.25, 0.3) is 0 Å². The molecule has 0 aromatic carbocycles. The van der Waals surface area contributed by atoms with Crippen LogP contribution in [0.15, 0.2) is 57.6 Å². The van der Waals surface area contributed by atoms with Crippen molar-refractivity contribution < 1.29 is 4.79 Å². The molecule has 1 aliphatic carbocycles. The van der Waals surface area contributed by atoms with E-state index in [9.17, 15) is 4.79 Å². The van der Waals surface area contributed by atoms with Gasteiger partial charge in [-0.3, -0.25) is 4.79 Å². The number of allylic oxidation sites excluding steroid dienone is 5. The van der Waals surface area contributed by atoms with Crippen LogP contribution in [-0.2, 0) is 4.79 Å². The van der Waals surface area contributed by atoms with Gasteiger partial charge < -0.3 is 4.90 Å². The van der Waals surface area contributed by atoms with Crippen LogP contribution in [0.25, 0.3) is 0 Å². The van der Waals surface area contributed by atoms with Crippen LogP contribution in [0.1, 0.15) is 6.42 Å². The number of fused-ring (bicyclic) bond motifs is 1. The predicted molar refractivity (Wildman–Crippen MR) is 61.6 cm³/mol. The van der Waals surface area contributed by atoms with Crippen LogP contribution in [0.4, 0.5) is 0 Å². The first-order valence-electron chi connectivity index (χ1n) is 5.08. The summed E-state index contributed by atoms with van der Waals surface area (Å²) in [5.41, 5.74) is 2.65. The third-order valence-corrected chi connectivity index (χ3v) is 2.45. The predicted octanol–water partition coefficient (Wildman–Crippen LogP) is 2.19. The smallest absolute Gasteiger partial charge is 0.249 e. The van der Waals surface area contributed by atoms with E-state index in [1.165, 1.54) is 0 Å². The van der Waals surface area contributed by atoms with E-state index in [0.717, 1.165) is 16.8 Å². The van der Waals surface area contributed by atoms with Crippen LogP contribution >= 0.6 is 0 Å². The second-order valence-corrected chi connectivity index (χ2v) is 3.87. The Balaban J connectivity index is 2.30. The third kappa shape index (κ3) is 2.00.